The lowest BCUT2D eigenvalue weighted by atomic mass is 10.0. The Morgan fingerprint density at radius 3 is 2.50 bits per heavy atom. The number of amides is 1. The van der Waals surface area contributed by atoms with Gasteiger partial charge < -0.3 is 9.47 Å². The van der Waals surface area contributed by atoms with Crippen LogP contribution in [0.3, 0.4) is 0 Å². The van der Waals surface area contributed by atoms with E-state index in [1.165, 1.54) is 5.01 Å². The lowest BCUT2D eigenvalue weighted by molar-refractivity contribution is 0.0121. The van der Waals surface area contributed by atoms with Crippen LogP contribution < -0.4 is 5.84 Å². The van der Waals surface area contributed by atoms with Gasteiger partial charge in [-0.15, -0.1) is 0 Å². The second kappa shape index (κ2) is 5.50. The van der Waals surface area contributed by atoms with Gasteiger partial charge in [0.05, 0.1) is 0 Å². The average molecular weight is 230 g/mol. The zero-order valence-electron chi connectivity index (χ0n) is 10.4. The maximum absolute atomic E-state index is 11.6. The number of hydrogen-bond donors (Lipinski definition) is 1. The fraction of sp³-hybridized carbons (Fsp3) is 0.909. The van der Waals surface area contributed by atoms with Crippen molar-refractivity contribution in [1.29, 1.82) is 0 Å². The van der Waals surface area contributed by atoms with Crippen molar-refractivity contribution in [3.05, 3.63) is 0 Å². The van der Waals surface area contributed by atoms with Crippen molar-refractivity contribution in [3.63, 3.8) is 0 Å². The van der Waals surface area contributed by atoms with Gasteiger partial charge in [0.1, 0.15) is 5.60 Å². The normalized spacial score (nSPS) is 18.2. The molecule has 1 aliphatic heterocycles. The predicted molar refractivity (Wildman–Crippen MR) is 60.7 cm³/mol. The number of hydrogen-bond acceptors (Lipinski definition) is 4. The van der Waals surface area contributed by atoms with Gasteiger partial charge >= 0.3 is 6.09 Å². The summed E-state index contributed by atoms with van der Waals surface area (Å²) in [5.41, 5.74) is -0.496. The largest absolute Gasteiger partial charge is 0.443 e. The van der Waals surface area contributed by atoms with E-state index in [9.17, 15) is 4.79 Å². The van der Waals surface area contributed by atoms with Crippen LogP contribution in [-0.4, -0.2) is 36.5 Å². The van der Waals surface area contributed by atoms with Crippen LogP contribution in [0.15, 0.2) is 0 Å². The Labute approximate surface area is 96.8 Å². The first kappa shape index (κ1) is 13.3. The quantitative estimate of drug-likeness (QED) is 0.444. The van der Waals surface area contributed by atoms with Crippen LogP contribution in [-0.2, 0) is 9.47 Å². The molecule has 1 fully saturated rings. The van der Waals surface area contributed by atoms with E-state index in [0.717, 1.165) is 26.1 Å². The zero-order chi connectivity index (χ0) is 12.2. The molecule has 0 aromatic heterocycles. The van der Waals surface area contributed by atoms with Crippen molar-refractivity contribution >= 4 is 6.09 Å². The Balaban J connectivity index is 2.33. The van der Waals surface area contributed by atoms with E-state index in [1.54, 1.807) is 0 Å². The molecule has 0 aliphatic carbocycles. The minimum Gasteiger partial charge on any atom is -0.443 e. The number of hydrazine groups is 1. The van der Waals surface area contributed by atoms with Crippen molar-refractivity contribution in [2.24, 2.45) is 11.8 Å². The first-order valence-electron chi connectivity index (χ1n) is 5.71. The first-order valence-corrected chi connectivity index (χ1v) is 5.71. The summed E-state index contributed by atoms with van der Waals surface area (Å²) >= 11 is 0. The Morgan fingerprint density at radius 2 is 2.00 bits per heavy atom. The van der Waals surface area contributed by atoms with Crippen molar-refractivity contribution in [1.82, 2.24) is 5.01 Å². The van der Waals surface area contributed by atoms with E-state index >= 15 is 0 Å². The van der Waals surface area contributed by atoms with Gasteiger partial charge in [-0.25, -0.2) is 15.6 Å². The third kappa shape index (κ3) is 4.81. The Bertz CT molecular complexity index is 232. The molecule has 5 heteroatoms. The molecule has 0 unspecified atom stereocenters. The van der Waals surface area contributed by atoms with Gasteiger partial charge in [-0.1, -0.05) is 0 Å². The molecule has 0 radical (unpaired) electrons. The van der Waals surface area contributed by atoms with Crippen molar-refractivity contribution in [2.75, 3.05) is 19.8 Å². The second-order valence-electron chi connectivity index (χ2n) is 5.19. The molecule has 1 amide bonds. The van der Waals surface area contributed by atoms with E-state index in [2.05, 4.69) is 0 Å². The Kier molecular flexibility index (Phi) is 4.56. The predicted octanol–water partition coefficient (Wildman–Crippen LogP) is 1.52. The molecule has 0 aromatic rings. The average Bonchev–Trinajstić information content (AvgIpc) is 2.16. The first-order chi connectivity index (χ1) is 7.38. The lowest BCUT2D eigenvalue weighted by Crippen LogP contribution is -2.44. The summed E-state index contributed by atoms with van der Waals surface area (Å²) in [4.78, 5) is 11.6. The van der Waals surface area contributed by atoms with Crippen LogP contribution in [0, 0.1) is 5.92 Å². The summed E-state index contributed by atoms with van der Waals surface area (Å²) in [6.07, 6.45) is 1.45. The molecular formula is C11H22N2O3. The highest BCUT2D eigenvalue weighted by Gasteiger charge is 2.23. The summed E-state index contributed by atoms with van der Waals surface area (Å²) in [7, 11) is 0. The van der Waals surface area contributed by atoms with Crippen LogP contribution in [0.1, 0.15) is 33.6 Å². The highest BCUT2D eigenvalue weighted by molar-refractivity contribution is 5.67. The summed E-state index contributed by atoms with van der Waals surface area (Å²) in [6.45, 7) is 7.53. The minimum absolute atomic E-state index is 0.422. The molecule has 5 nitrogen and oxygen atoms in total. The van der Waals surface area contributed by atoms with Crippen LogP contribution >= 0.6 is 0 Å². The molecule has 1 heterocycles. The molecule has 1 saturated heterocycles. The van der Waals surface area contributed by atoms with Gasteiger partial charge in [-0.2, -0.15) is 0 Å². The Morgan fingerprint density at radius 1 is 1.44 bits per heavy atom. The minimum atomic E-state index is -0.496. The Hall–Kier alpha value is -0.810. The molecule has 0 saturated carbocycles. The van der Waals surface area contributed by atoms with Gasteiger partial charge in [0.2, 0.25) is 0 Å². The van der Waals surface area contributed by atoms with Crippen molar-refractivity contribution < 1.29 is 14.3 Å². The van der Waals surface area contributed by atoms with E-state index < -0.39 is 11.7 Å². The topological polar surface area (TPSA) is 64.8 Å². The fourth-order valence-electron chi connectivity index (χ4n) is 1.60. The molecule has 0 spiro atoms. The summed E-state index contributed by atoms with van der Waals surface area (Å²) < 4.78 is 10.4. The van der Waals surface area contributed by atoms with Gasteiger partial charge in [-0.05, 0) is 39.5 Å². The SMILES string of the molecule is CC(C)(C)OC(=O)N(N)CC1CCOCC1. The number of nitrogens with two attached hydrogens (primary N) is 1. The highest BCUT2D eigenvalue weighted by Crippen LogP contribution is 2.16. The highest BCUT2D eigenvalue weighted by atomic mass is 16.6. The zero-order valence-corrected chi connectivity index (χ0v) is 10.4. The van der Waals surface area contributed by atoms with E-state index in [0.29, 0.717) is 12.5 Å². The third-order valence-corrected chi connectivity index (χ3v) is 2.42. The number of rotatable bonds is 2. The monoisotopic (exact) mass is 230 g/mol. The number of carbonyl (C=O) groups is 1. The van der Waals surface area contributed by atoms with Crippen LogP contribution in [0.2, 0.25) is 0 Å². The number of ether oxygens (including phenoxy) is 2. The maximum Gasteiger partial charge on any atom is 0.424 e. The summed E-state index contributed by atoms with van der Waals surface area (Å²) in [6, 6.07) is 0. The van der Waals surface area contributed by atoms with Crippen LogP contribution in [0.25, 0.3) is 0 Å². The molecule has 94 valence electrons. The lowest BCUT2D eigenvalue weighted by Gasteiger charge is -2.28. The van der Waals surface area contributed by atoms with Crippen molar-refractivity contribution in [3.8, 4) is 0 Å². The molecule has 1 aliphatic rings. The van der Waals surface area contributed by atoms with Gasteiger partial charge in [0.25, 0.3) is 0 Å². The second-order valence-corrected chi connectivity index (χ2v) is 5.19. The summed E-state index contributed by atoms with van der Waals surface area (Å²) in [5.74, 6) is 6.10. The van der Waals surface area contributed by atoms with Gasteiger partial charge in [-0.3, -0.25) is 0 Å². The molecular weight excluding hydrogens is 208 g/mol. The summed E-state index contributed by atoms with van der Waals surface area (Å²) in [5, 5.41) is 1.17. The van der Waals surface area contributed by atoms with Gasteiger partial charge in [0, 0.05) is 19.8 Å². The standard InChI is InChI=1S/C11H22N2O3/c1-11(2,3)16-10(14)13(12)8-9-4-6-15-7-5-9/h9H,4-8,12H2,1-3H3. The molecule has 0 atom stereocenters. The van der Waals surface area contributed by atoms with E-state index in [1.807, 2.05) is 20.8 Å². The van der Waals surface area contributed by atoms with E-state index in [-0.39, 0.29) is 0 Å². The van der Waals surface area contributed by atoms with Crippen molar-refractivity contribution in [2.45, 2.75) is 39.2 Å². The van der Waals surface area contributed by atoms with Gasteiger partial charge in [0.15, 0.2) is 0 Å². The van der Waals surface area contributed by atoms with Crippen LogP contribution in [0.5, 0.6) is 0 Å². The van der Waals surface area contributed by atoms with E-state index in [4.69, 9.17) is 15.3 Å². The fourth-order valence-corrected chi connectivity index (χ4v) is 1.60. The molecule has 0 bridgehead atoms. The maximum atomic E-state index is 11.6. The third-order valence-electron chi connectivity index (χ3n) is 2.42. The molecule has 2 N–H and O–H groups in total. The smallest absolute Gasteiger partial charge is 0.424 e. The number of carbonyl (C=O) groups excluding carboxylic acids is 1. The molecule has 1 rings (SSSR count). The molecule has 0 aromatic carbocycles. The van der Waals surface area contributed by atoms with Crippen LogP contribution in [0.4, 0.5) is 4.79 Å². The number of nitrogens with zero attached hydrogens (tertiary/aromatic N) is 1. The molecule has 16 heavy (non-hydrogen) atoms.